The second kappa shape index (κ2) is 6.29. The van der Waals surface area contributed by atoms with Gasteiger partial charge in [0.1, 0.15) is 0 Å². The van der Waals surface area contributed by atoms with Crippen LogP contribution in [-0.4, -0.2) is 5.91 Å². The molecular formula is C14H10Cl3NO. The molecule has 0 saturated carbocycles. The fourth-order valence-electron chi connectivity index (χ4n) is 1.60. The van der Waals surface area contributed by atoms with E-state index < -0.39 is 0 Å². The van der Waals surface area contributed by atoms with Crippen molar-refractivity contribution in [2.45, 2.75) is 6.54 Å². The number of carbonyl (C=O) groups is 1. The van der Waals surface area contributed by atoms with Crippen molar-refractivity contribution in [3.63, 3.8) is 0 Å². The predicted octanol–water partition coefficient (Wildman–Crippen LogP) is 4.58. The number of nitrogens with one attached hydrogen (secondary N) is 1. The number of halogens is 3. The van der Waals surface area contributed by atoms with Crippen molar-refractivity contribution in [3.8, 4) is 0 Å². The standard InChI is InChI=1S/C14H10Cl3NO/c15-11-5-10(6-12(16)7-11)14(19)18-8-9-3-1-2-4-13(9)17/h1-7H,8H2,(H,18,19). The summed E-state index contributed by atoms with van der Waals surface area (Å²) in [5.41, 5.74) is 1.27. The van der Waals surface area contributed by atoms with E-state index in [1.54, 1.807) is 24.3 Å². The van der Waals surface area contributed by atoms with Crippen molar-refractivity contribution in [2.75, 3.05) is 0 Å². The van der Waals surface area contributed by atoms with Crippen LogP contribution >= 0.6 is 34.8 Å². The van der Waals surface area contributed by atoms with Gasteiger partial charge in [-0.3, -0.25) is 4.79 Å². The second-order valence-electron chi connectivity index (χ2n) is 3.93. The molecule has 0 spiro atoms. The van der Waals surface area contributed by atoms with E-state index in [1.807, 2.05) is 18.2 Å². The van der Waals surface area contributed by atoms with E-state index in [4.69, 9.17) is 34.8 Å². The van der Waals surface area contributed by atoms with Gasteiger partial charge in [0, 0.05) is 27.2 Å². The molecule has 0 radical (unpaired) electrons. The molecule has 19 heavy (non-hydrogen) atoms. The van der Waals surface area contributed by atoms with Crippen LogP contribution in [0.1, 0.15) is 15.9 Å². The third kappa shape index (κ3) is 3.87. The average Bonchev–Trinajstić information content (AvgIpc) is 2.36. The SMILES string of the molecule is O=C(NCc1ccccc1Cl)c1cc(Cl)cc(Cl)c1. The summed E-state index contributed by atoms with van der Waals surface area (Å²) < 4.78 is 0. The minimum absolute atomic E-state index is 0.246. The third-order valence-electron chi connectivity index (χ3n) is 2.52. The molecule has 0 atom stereocenters. The van der Waals surface area contributed by atoms with Gasteiger partial charge in [-0.05, 0) is 29.8 Å². The third-order valence-corrected chi connectivity index (χ3v) is 3.33. The zero-order chi connectivity index (χ0) is 13.8. The Hall–Kier alpha value is -1.22. The Kier molecular flexibility index (Phi) is 4.70. The predicted molar refractivity (Wildman–Crippen MR) is 79.1 cm³/mol. The van der Waals surface area contributed by atoms with Gasteiger partial charge in [0.2, 0.25) is 0 Å². The topological polar surface area (TPSA) is 29.1 Å². The second-order valence-corrected chi connectivity index (χ2v) is 5.21. The van der Waals surface area contributed by atoms with Gasteiger partial charge >= 0.3 is 0 Å². The fraction of sp³-hybridized carbons (Fsp3) is 0.0714. The molecule has 2 rings (SSSR count). The lowest BCUT2D eigenvalue weighted by molar-refractivity contribution is 0.0951. The summed E-state index contributed by atoms with van der Waals surface area (Å²) in [6.07, 6.45) is 0. The summed E-state index contributed by atoms with van der Waals surface area (Å²) in [5, 5.41) is 4.24. The van der Waals surface area contributed by atoms with Crippen molar-refractivity contribution < 1.29 is 4.79 Å². The number of hydrogen-bond donors (Lipinski definition) is 1. The molecule has 0 heterocycles. The van der Waals surface area contributed by atoms with Gasteiger partial charge in [0.15, 0.2) is 0 Å². The van der Waals surface area contributed by atoms with Crippen molar-refractivity contribution in [1.29, 1.82) is 0 Å². The van der Waals surface area contributed by atoms with Crippen molar-refractivity contribution in [2.24, 2.45) is 0 Å². The molecule has 98 valence electrons. The Morgan fingerprint density at radius 2 is 1.63 bits per heavy atom. The zero-order valence-corrected chi connectivity index (χ0v) is 12.1. The van der Waals surface area contributed by atoms with Crippen LogP contribution < -0.4 is 5.32 Å². The van der Waals surface area contributed by atoms with Gasteiger partial charge in [-0.1, -0.05) is 53.0 Å². The molecule has 2 nitrogen and oxygen atoms in total. The van der Waals surface area contributed by atoms with Crippen LogP contribution in [0.3, 0.4) is 0 Å². The Bertz CT molecular complexity index is 593. The first-order chi connectivity index (χ1) is 9.06. The molecule has 1 amide bonds. The van der Waals surface area contributed by atoms with E-state index in [9.17, 15) is 4.79 Å². The first-order valence-electron chi connectivity index (χ1n) is 5.54. The number of benzene rings is 2. The summed E-state index contributed by atoms with van der Waals surface area (Å²) in [5.74, 6) is -0.246. The van der Waals surface area contributed by atoms with Gasteiger partial charge in [-0.2, -0.15) is 0 Å². The summed E-state index contributed by atoms with van der Waals surface area (Å²) >= 11 is 17.7. The molecule has 0 bridgehead atoms. The van der Waals surface area contributed by atoms with Crippen LogP contribution in [0, 0.1) is 0 Å². The first kappa shape index (κ1) is 14.2. The molecule has 5 heteroatoms. The molecule has 0 aliphatic carbocycles. The maximum Gasteiger partial charge on any atom is 0.251 e. The monoisotopic (exact) mass is 313 g/mol. The van der Waals surface area contributed by atoms with Crippen LogP contribution in [0.5, 0.6) is 0 Å². The smallest absolute Gasteiger partial charge is 0.251 e. The molecule has 2 aromatic rings. The number of carbonyl (C=O) groups excluding carboxylic acids is 1. The molecule has 0 fully saturated rings. The van der Waals surface area contributed by atoms with Crippen LogP contribution in [0.4, 0.5) is 0 Å². The maximum absolute atomic E-state index is 12.0. The summed E-state index contributed by atoms with van der Waals surface area (Å²) in [6, 6.07) is 12.0. The van der Waals surface area contributed by atoms with E-state index in [1.165, 1.54) is 0 Å². The molecule has 0 aliphatic rings. The van der Waals surface area contributed by atoms with Crippen molar-refractivity contribution in [3.05, 3.63) is 68.7 Å². The molecule has 0 aromatic heterocycles. The molecule has 2 aromatic carbocycles. The van der Waals surface area contributed by atoms with Crippen molar-refractivity contribution >= 4 is 40.7 Å². The quantitative estimate of drug-likeness (QED) is 0.883. The molecule has 0 saturated heterocycles. The lowest BCUT2D eigenvalue weighted by Gasteiger charge is -2.07. The highest BCUT2D eigenvalue weighted by molar-refractivity contribution is 6.35. The van der Waals surface area contributed by atoms with Crippen LogP contribution in [0.15, 0.2) is 42.5 Å². The van der Waals surface area contributed by atoms with Gasteiger partial charge < -0.3 is 5.32 Å². The molecule has 1 N–H and O–H groups in total. The Labute approximate surface area is 126 Å². The minimum Gasteiger partial charge on any atom is -0.348 e. The number of hydrogen-bond acceptors (Lipinski definition) is 1. The van der Waals surface area contributed by atoms with E-state index >= 15 is 0 Å². The number of rotatable bonds is 3. The van der Waals surface area contributed by atoms with Gasteiger partial charge in [0.05, 0.1) is 0 Å². The Morgan fingerprint density at radius 1 is 1.00 bits per heavy atom. The Morgan fingerprint density at radius 3 is 2.26 bits per heavy atom. The zero-order valence-electron chi connectivity index (χ0n) is 9.79. The summed E-state index contributed by atoms with van der Waals surface area (Å²) in [7, 11) is 0. The number of amides is 1. The van der Waals surface area contributed by atoms with Crippen molar-refractivity contribution in [1.82, 2.24) is 5.32 Å². The van der Waals surface area contributed by atoms with E-state index in [0.29, 0.717) is 27.2 Å². The minimum atomic E-state index is -0.246. The van der Waals surface area contributed by atoms with E-state index in [2.05, 4.69) is 5.32 Å². The highest BCUT2D eigenvalue weighted by Crippen LogP contribution is 2.19. The normalized spacial score (nSPS) is 10.3. The van der Waals surface area contributed by atoms with Gasteiger partial charge in [-0.15, -0.1) is 0 Å². The average molecular weight is 315 g/mol. The van der Waals surface area contributed by atoms with E-state index in [-0.39, 0.29) is 5.91 Å². The van der Waals surface area contributed by atoms with Crippen LogP contribution in [-0.2, 0) is 6.54 Å². The Balaban J connectivity index is 2.08. The van der Waals surface area contributed by atoms with Gasteiger partial charge in [-0.25, -0.2) is 0 Å². The highest BCUT2D eigenvalue weighted by atomic mass is 35.5. The lowest BCUT2D eigenvalue weighted by atomic mass is 10.2. The van der Waals surface area contributed by atoms with Gasteiger partial charge in [0.25, 0.3) is 5.91 Å². The molecular weight excluding hydrogens is 305 g/mol. The molecule has 0 unspecified atom stereocenters. The van der Waals surface area contributed by atoms with Crippen LogP contribution in [0.25, 0.3) is 0 Å². The van der Waals surface area contributed by atoms with E-state index in [0.717, 1.165) is 5.56 Å². The first-order valence-corrected chi connectivity index (χ1v) is 6.67. The lowest BCUT2D eigenvalue weighted by Crippen LogP contribution is -2.22. The van der Waals surface area contributed by atoms with Crippen LogP contribution in [0.2, 0.25) is 15.1 Å². The highest BCUT2D eigenvalue weighted by Gasteiger charge is 2.08. The summed E-state index contributed by atoms with van der Waals surface area (Å²) in [4.78, 5) is 12.0. The fourth-order valence-corrected chi connectivity index (χ4v) is 2.33. The molecule has 0 aliphatic heterocycles. The maximum atomic E-state index is 12.0. The summed E-state index contributed by atoms with van der Waals surface area (Å²) in [6.45, 7) is 0.350. The largest absolute Gasteiger partial charge is 0.348 e.